The number of hydrazine groups is 3. The molecular formula is C12H14N4O3. The number of hydrogen-bond donors (Lipinski definition) is 3. The number of carbonyl (C=O) groups excluding carboxylic acids is 3. The van der Waals surface area contributed by atoms with Gasteiger partial charge >= 0.3 is 0 Å². The predicted octanol–water partition coefficient (Wildman–Crippen LogP) is -0.0983. The van der Waals surface area contributed by atoms with E-state index in [-0.39, 0.29) is 0 Å². The molecule has 0 spiro atoms. The van der Waals surface area contributed by atoms with Crippen LogP contribution >= 0.6 is 0 Å². The van der Waals surface area contributed by atoms with Gasteiger partial charge in [0.2, 0.25) is 5.91 Å². The zero-order valence-electron chi connectivity index (χ0n) is 10.3. The van der Waals surface area contributed by atoms with Crippen molar-refractivity contribution in [2.24, 2.45) is 0 Å². The highest BCUT2D eigenvalue weighted by atomic mass is 16.2. The first-order valence-electron chi connectivity index (χ1n) is 5.39. The lowest BCUT2D eigenvalue weighted by Crippen LogP contribution is -2.59. The SMILES string of the molecule is C=CC(=O)NNN(NC(C)=O)C(=O)c1ccccc1. The van der Waals surface area contributed by atoms with E-state index in [0.717, 1.165) is 11.2 Å². The first-order chi connectivity index (χ1) is 9.04. The number of nitrogens with zero attached hydrogens (tertiary/aromatic N) is 1. The molecule has 0 saturated heterocycles. The molecule has 3 amide bonds. The Morgan fingerprint density at radius 1 is 1.21 bits per heavy atom. The number of rotatable bonds is 4. The second-order valence-corrected chi connectivity index (χ2v) is 3.48. The van der Waals surface area contributed by atoms with Crippen molar-refractivity contribution in [3.05, 3.63) is 48.6 Å². The van der Waals surface area contributed by atoms with Crippen molar-refractivity contribution < 1.29 is 14.4 Å². The molecular weight excluding hydrogens is 248 g/mol. The van der Waals surface area contributed by atoms with Crippen LogP contribution in [0.15, 0.2) is 43.0 Å². The molecule has 0 aliphatic carbocycles. The molecule has 1 rings (SSSR count). The lowest BCUT2D eigenvalue weighted by Gasteiger charge is -2.22. The highest BCUT2D eigenvalue weighted by Crippen LogP contribution is 2.00. The number of hydrogen-bond acceptors (Lipinski definition) is 4. The Labute approximate surface area is 110 Å². The Balaban J connectivity index is 2.78. The van der Waals surface area contributed by atoms with Crippen LogP contribution in [0.2, 0.25) is 0 Å². The van der Waals surface area contributed by atoms with Crippen molar-refractivity contribution >= 4 is 17.7 Å². The molecule has 0 aromatic heterocycles. The summed E-state index contributed by atoms with van der Waals surface area (Å²) in [6.07, 6.45) is 1.02. The van der Waals surface area contributed by atoms with Gasteiger partial charge in [0.1, 0.15) is 0 Å². The summed E-state index contributed by atoms with van der Waals surface area (Å²) in [6, 6.07) is 8.28. The van der Waals surface area contributed by atoms with Gasteiger partial charge in [-0.1, -0.05) is 24.8 Å². The molecule has 7 nitrogen and oxygen atoms in total. The molecule has 0 saturated carbocycles. The van der Waals surface area contributed by atoms with Gasteiger partial charge in [-0.15, -0.1) is 5.53 Å². The van der Waals surface area contributed by atoms with E-state index < -0.39 is 17.7 Å². The monoisotopic (exact) mass is 262 g/mol. The summed E-state index contributed by atoms with van der Waals surface area (Å²) in [4.78, 5) is 34.1. The van der Waals surface area contributed by atoms with Crippen LogP contribution in [-0.4, -0.2) is 22.8 Å². The van der Waals surface area contributed by atoms with Crippen molar-refractivity contribution in [1.29, 1.82) is 0 Å². The quantitative estimate of drug-likeness (QED) is 0.522. The maximum Gasteiger partial charge on any atom is 0.288 e. The van der Waals surface area contributed by atoms with E-state index in [4.69, 9.17) is 0 Å². The van der Waals surface area contributed by atoms with Gasteiger partial charge < -0.3 is 0 Å². The van der Waals surface area contributed by atoms with Crippen LogP contribution in [0.5, 0.6) is 0 Å². The lowest BCUT2D eigenvalue weighted by atomic mass is 10.2. The molecule has 0 aliphatic heterocycles. The van der Waals surface area contributed by atoms with Crippen molar-refractivity contribution in [3.8, 4) is 0 Å². The highest BCUT2D eigenvalue weighted by molar-refractivity contribution is 5.95. The third-order valence-electron chi connectivity index (χ3n) is 1.97. The summed E-state index contributed by atoms with van der Waals surface area (Å²) >= 11 is 0. The minimum atomic E-state index is -0.545. The molecule has 1 aromatic rings. The van der Waals surface area contributed by atoms with Crippen molar-refractivity contribution in [2.45, 2.75) is 6.92 Å². The fourth-order valence-corrected chi connectivity index (χ4v) is 1.16. The van der Waals surface area contributed by atoms with Gasteiger partial charge in [-0.3, -0.25) is 19.8 Å². The van der Waals surface area contributed by atoms with Crippen LogP contribution in [0.3, 0.4) is 0 Å². The average Bonchev–Trinajstić information content (AvgIpc) is 2.42. The van der Waals surface area contributed by atoms with E-state index in [1.165, 1.54) is 6.92 Å². The van der Waals surface area contributed by atoms with Crippen molar-refractivity contribution in [1.82, 2.24) is 21.5 Å². The lowest BCUT2D eigenvalue weighted by molar-refractivity contribution is -0.126. The van der Waals surface area contributed by atoms with Gasteiger partial charge in [0, 0.05) is 12.5 Å². The van der Waals surface area contributed by atoms with Gasteiger partial charge in [-0.2, -0.15) is 5.12 Å². The molecule has 0 aliphatic rings. The van der Waals surface area contributed by atoms with Gasteiger partial charge in [0.15, 0.2) is 0 Å². The summed E-state index contributed by atoms with van der Waals surface area (Å²) < 4.78 is 0. The molecule has 0 radical (unpaired) electrons. The zero-order chi connectivity index (χ0) is 14.3. The summed E-state index contributed by atoms with van der Waals surface area (Å²) in [7, 11) is 0. The van der Waals surface area contributed by atoms with Crippen LogP contribution in [0.4, 0.5) is 0 Å². The Kier molecular flexibility index (Phi) is 5.24. The molecule has 0 heterocycles. The third kappa shape index (κ3) is 4.60. The van der Waals surface area contributed by atoms with Gasteiger partial charge in [0.25, 0.3) is 11.8 Å². The third-order valence-corrected chi connectivity index (χ3v) is 1.97. The largest absolute Gasteiger partial charge is 0.288 e. The fraction of sp³-hybridized carbons (Fsp3) is 0.0833. The van der Waals surface area contributed by atoms with Crippen LogP contribution in [-0.2, 0) is 9.59 Å². The minimum Gasteiger partial charge on any atom is -0.274 e. The topological polar surface area (TPSA) is 90.5 Å². The van der Waals surface area contributed by atoms with Crippen LogP contribution in [0.1, 0.15) is 17.3 Å². The Bertz CT molecular complexity index is 487. The number of benzene rings is 1. The summed E-state index contributed by atoms with van der Waals surface area (Å²) in [5, 5.41) is 0.777. The van der Waals surface area contributed by atoms with E-state index >= 15 is 0 Å². The van der Waals surface area contributed by atoms with Gasteiger partial charge in [-0.05, 0) is 18.2 Å². The second kappa shape index (κ2) is 6.92. The molecule has 0 bridgehead atoms. The smallest absolute Gasteiger partial charge is 0.274 e. The average molecular weight is 262 g/mol. The Morgan fingerprint density at radius 2 is 1.84 bits per heavy atom. The predicted molar refractivity (Wildman–Crippen MR) is 67.9 cm³/mol. The first-order valence-corrected chi connectivity index (χ1v) is 5.39. The molecule has 19 heavy (non-hydrogen) atoms. The normalized spacial score (nSPS) is 9.32. The van der Waals surface area contributed by atoms with Crippen LogP contribution < -0.4 is 16.4 Å². The summed E-state index contributed by atoms with van der Waals surface area (Å²) in [5.41, 5.74) is 7.04. The van der Waals surface area contributed by atoms with Crippen LogP contribution in [0, 0.1) is 0 Å². The molecule has 3 N–H and O–H groups in total. The number of amides is 3. The minimum absolute atomic E-state index is 0.344. The molecule has 100 valence electrons. The maximum absolute atomic E-state index is 12.1. The fourth-order valence-electron chi connectivity index (χ4n) is 1.16. The van der Waals surface area contributed by atoms with E-state index in [2.05, 4.69) is 23.0 Å². The number of nitrogens with one attached hydrogen (secondary N) is 3. The van der Waals surface area contributed by atoms with Crippen LogP contribution in [0.25, 0.3) is 0 Å². The van der Waals surface area contributed by atoms with Crippen molar-refractivity contribution in [3.63, 3.8) is 0 Å². The molecule has 0 fully saturated rings. The van der Waals surface area contributed by atoms with Gasteiger partial charge in [0.05, 0.1) is 0 Å². The molecule has 7 heteroatoms. The molecule has 0 unspecified atom stereocenters. The van der Waals surface area contributed by atoms with Gasteiger partial charge in [-0.25, -0.2) is 5.43 Å². The standard InChI is InChI=1S/C12H14N4O3/c1-3-11(18)13-15-16(14-9(2)17)12(19)10-7-5-4-6-8-10/h3-8,15H,1H2,2H3,(H,13,18)(H,14,17). The molecule has 0 atom stereocenters. The summed E-state index contributed by atoms with van der Waals surface area (Å²) in [5.74, 6) is -1.54. The van der Waals surface area contributed by atoms with E-state index in [0.29, 0.717) is 5.56 Å². The first kappa shape index (κ1) is 14.4. The Morgan fingerprint density at radius 3 is 2.37 bits per heavy atom. The van der Waals surface area contributed by atoms with E-state index in [1.807, 2.05) is 0 Å². The Hall–Kier alpha value is -2.67. The zero-order valence-corrected chi connectivity index (χ0v) is 10.3. The van der Waals surface area contributed by atoms with Crippen molar-refractivity contribution in [2.75, 3.05) is 0 Å². The molecule has 1 aromatic carbocycles. The summed E-state index contributed by atoms with van der Waals surface area (Å²) in [6.45, 7) is 4.50. The second-order valence-electron chi connectivity index (χ2n) is 3.48. The number of carbonyl (C=O) groups is 3. The van der Waals surface area contributed by atoms with E-state index in [9.17, 15) is 14.4 Å². The highest BCUT2D eigenvalue weighted by Gasteiger charge is 2.16. The maximum atomic E-state index is 12.1. The van der Waals surface area contributed by atoms with E-state index in [1.54, 1.807) is 30.3 Å².